The van der Waals surface area contributed by atoms with Gasteiger partial charge >= 0.3 is 5.97 Å². The van der Waals surface area contributed by atoms with Gasteiger partial charge in [0.05, 0.1) is 0 Å². The minimum absolute atomic E-state index is 0.485. The number of hydrogen-bond donors (Lipinski definition) is 1. The Bertz CT molecular complexity index is 183. The minimum Gasteiger partial charge on any atom is -0.479 e. The lowest BCUT2D eigenvalue weighted by Gasteiger charge is -2.36. The van der Waals surface area contributed by atoms with Crippen molar-refractivity contribution in [2.45, 2.75) is 18.4 Å². The topological polar surface area (TPSA) is 49.8 Å². The number of carboxylic acid groups (broad SMARTS) is 1. The monoisotopic (exact) mass is 173 g/mol. The van der Waals surface area contributed by atoms with E-state index in [2.05, 4.69) is 0 Å². The summed E-state index contributed by atoms with van der Waals surface area (Å²) in [5.74, 6) is -0.850. The third-order valence-electron chi connectivity index (χ3n) is 2.43. The number of carbonyl (C=O) groups is 1. The number of piperidine rings is 1. The summed E-state index contributed by atoms with van der Waals surface area (Å²) in [5, 5.41) is 8.95. The predicted molar refractivity (Wildman–Crippen MR) is 44.1 cm³/mol. The van der Waals surface area contributed by atoms with Gasteiger partial charge in [-0.2, -0.15) is 0 Å². The Morgan fingerprint density at radius 1 is 1.67 bits per heavy atom. The average molecular weight is 173 g/mol. The lowest BCUT2D eigenvalue weighted by molar-refractivity contribution is -0.168. The molecule has 0 amide bonds. The highest BCUT2D eigenvalue weighted by molar-refractivity contribution is 5.78. The summed E-state index contributed by atoms with van der Waals surface area (Å²) in [6, 6.07) is 0. The van der Waals surface area contributed by atoms with Crippen molar-refractivity contribution >= 4 is 5.97 Å². The van der Waals surface area contributed by atoms with Gasteiger partial charge in [-0.25, -0.2) is 4.79 Å². The molecule has 1 aliphatic rings. The minimum atomic E-state index is -0.965. The highest BCUT2D eigenvalue weighted by Crippen LogP contribution is 2.23. The summed E-state index contributed by atoms with van der Waals surface area (Å²) in [5.41, 5.74) is -0.965. The summed E-state index contributed by atoms with van der Waals surface area (Å²) >= 11 is 0. The maximum absolute atomic E-state index is 10.9. The molecule has 1 aliphatic heterocycles. The predicted octanol–water partition coefficient (Wildman–Crippen LogP) is 0.182. The summed E-state index contributed by atoms with van der Waals surface area (Å²) in [6.07, 6.45) is 1.50. The lowest BCUT2D eigenvalue weighted by atomic mass is 9.93. The van der Waals surface area contributed by atoms with Gasteiger partial charge in [0.1, 0.15) is 0 Å². The van der Waals surface area contributed by atoms with Crippen LogP contribution in [0.3, 0.4) is 0 Å². The highest BCUT2D eigenvalue weighted by Gasteiger charge is 2.41. The van der Waals surface area contributed by atoms with Crippen LogP contribution in [-0.4, -0.2) is 48.8 Å². The van der Waals surface area contributed by atoms with E-state index in [0.717, 1.165) is 13.0 Å². The van der Waals surface area contributed by atoms with Crippen molar-refractivity contribution in [3.05, 3.63) is 0 Å². The van der Waals surface area contributed by atoms with Gasteiger partial charge < -0.3 is 14.7 Å². The summed E-state index contributed by atoms with van der Waals surface area (Å²) in [6.45, 7) is 1.44. The number of ether oxygens (including phenoxy) is 1. The zero-order chi connectivity index (χ0) is 9.19. The number of methoxy groups -OCH3 is 1. The summed E-state index contributed by atoms with van der Waals surface area (Å²) < 4.78 is 5.07. The van der Waals surface area contributed by atoms with Crippen molar-refractivity contribution in [1.82, 2.24) is 4.90 Å². The van der Waals surface area contributed by atoms with Gasteiger partial charge in [0.25, 0.3) is 0 Å². The second-order valence-corrected chi connectivity index (χ2v) is 3.34. The van der Waals surface area contributed by atoms with E-state index >= 15 is 0 Å². The van der Waals surface area contributed by atoms with Crippen LogP contribution >= 0.6 is 0 Å². The molecule has 1 fully saturated rings. The van der Waals surface area contributed by atoms with Crippen molar-refractivity contribution in [2.24, 2.45) is 0 Å². The van der Waals surface area contributed by atoms with Crippen molar-refractivity contribution in [3.8, 4) is 0 Å². The van der Waals surface area contributed by atoms with Gasteiger partial charge in [0.2, 0.25) is 0 Å². The van der Waals surface area contributed by atoms with Crippen LogP contribution < -0.4 is 0 Å². The van der Waals surface area contributed by atoms with Crippen LogP contribution in [-0.2, 0) is 9.53 Å². The van der Waals surface area contributed by atoms with Gasteiger partial charge in [-0.05, 0) is 26.4 Å². The van der Waals surface area contributed by atoms with Crippen molar-refractivity contribution in [2.75, 3.05) is 27.2 Å². The molecule has 1 atom stereocenters. The molecular formula is C8H15NO3. The fourth-order valence-electron chi connectivity index (χ4n) is 1.66. The van der Waals surface area contributed by atoms with Gasteiger partial charge in [-0.1, -0.05) is 0 Å². The van der Waals surface area contributed by atoms with Gasteiger partial charge in [-0.3, -0.25) is 0 Å². The molecule has 1 heterocycles. The van der Waals surface area contributed by atoms with Crippen molar-refractivity contribution < 1.29 is 14.6 Å². The van der Waals surface area contributed by atoms with E-state index in [1.807, 2.05) is 11.9 Å². The van der Waals surface area contributed by atoms with Crippen molar-refractivity contribution in [3.63, 3.8) is 0 Å². The SMILES string of the molecule is COC1(C(=O)O)CCCN(C)C1. The molecule has 70 valence electrons. The molecule has 0 aromatic carbocycles. The summed E-state index contributed by atoms with van der Waals surface area (Å²) in [7, 11) is 3.38. The Labute approximate surface area is 72.1 Å². The molecule has 12 heavy (non-hydrogen) atoms. The molecule has 0 saturated carbocycles. The first-order chi connectivity index (χ1) is 5.60. The number of aliphatic carboxylic acids is 1. The van der Waals surface area contributed by atoms with Crippen LogP contribution in [0.15, 0.2) is 0 Å². The Morgan fingerprint density at radius 2 is 2.33 bits per heavy atom. The third-order valence-corrected chi connectivity index (χ3v) is 2.43. The molecular weight excluding hydrogens is 158 g/mol. The highest BCUT2D eigenvalue weighted by atomic mass is 16.5. The Hall–Kier alpha value is -0.610. The first-order valence-corrected chi connectivity index (χ1v) is 4.08. The first-order valence-electron chi connectivity index (χ1n) is 4.08. The molecule has 0 aliphatic carbocycles. The number of nitrogens with zero attached hydrogens (tertiary/aromatic N) is 1. The van der Waals surface area contributed by atoms with E-state index < -0.39 is 11.6 Å². The zero-order valence-electron chi connectivity index (χ0n) is 7.54. The maximum Gasteiger partial charge on any atom is 0.337 e. The van der Waals surface area contributed by atoms with Crippen LogP contribution in [0, 0.1) is 0 Å². The molecule has 0 radical (unpaired) electrons. The quantitative estimate of drug-likeness (QED) is 0.647. The first kappa shape index (κ1) is 9.48. The van der Waals surface area contributed by atoms with Gasteiger partial charge in [0, 0.05) is 13.7 Å². The molecule has 1 saturated heterocycles. The second-order valence-electron chi connectivity index (χ2n) is 3.34. The molecule has 1 N–H and O–H groups in total. The Balaban J connectivity index is 2.71. The molecule has 1 rings (SSSR count). The van der Waals surface area contributed by atoms with Crippen molar-refractivity contribution in [1.29, 1.82) is 0 Å². The van der Waals surface area contributed by atoms with E-state index in [4.69, 9.17) is 9.84 Å². The Morgan fingerprint density at radius 3 is 2.67 bits per heavy atom. The Kier molecular flexibility index (Phi) is 2.69. The van der Waals surface area contributed by atoms with Gasteiger partial charge in [-0.15, -0.1) is 0 Å². The van der Waals surface area contributed by atoms with Crippen LogP contribution in [0.2, 0.25) is 0 Å². The third kappa shape index (κ3) is 1.59. The maximum atomic E-state index is 10.9. The number of likely N-dealkylation sites (N-methyl/N-ethyl adjacent to an activating group) is 1. The lowest BCUT2D eigenvalue weighted by Crippen LogP contribution is -2.53. The molecule has 4 nitrogen and oxygen atoms in total. The van der Waals surface area contributed by atoms with Crippen LogP contribution in [0.1, 0.15) is 12.8 Å². The van der Waals surface area contributed by atoms with Crippen LogP contribution in [0.25, 0.3) is 0 Å². The van der Waals surface area contributed by atoms with E-state index in [9.17, 15) is 4.79 Å². The largest absolute Gasteiger partial charge is 0.479 e. The normalized spacial score (nSPS) is 31.8. The summed E-state index contributed by atoms with van der Waals surface area (Å²) in [4.78, 5) is 12.9. The van der Waals surface area contributed by atoms with Crippen LogP contribution in [0.5, 0.6) is 0 Å². The van der Waals surface area contributed by atoms with Gasteiger partial charge in [0.15, 0.2) is 5.60 Å². The number of carboxylic acids is 1. The second kappa shape index (κ2) is 3.41. The number of rotatable bonds is 2. The molecule has 4 heteroatoms. The average Bonchev–Trinajstić information content (AvgIpc) is 2.04. The number of hydrogen-bond acceptors (Lipinski definition) is 3. The van der Waals surface area contributed by atoms with Crippen LogP contribution in [0.4, 0.5) is 0 Å². The molecule has 1 unspecified atom stereocenters. The fourth-order valence-corrected chi connectivity index (χ4v) is 1.66. The molecule has 0 aromatic rings. The standard InChI is InChI=1S/C8H15NO3/c1-9-5-3-4-8(6-9,12-2)7(10)11/h3-6H2,1-2H3,(H,10,11). The number of likely N-dealkylation sites (tertiary alicyclic amines) is 1. The van der Waals surface area contributed by atoms with E-state index in [1.165, 1.54) is 7.11 Å². The van der Waals surface area contributed by atoms with E-state index in [0.29, 0.717) is 13.0 Å². The van der Waals surface area contributed by atoms with E-state index in [1.54, 1.807) is 0 Å². The smallest absolute Gasteiger partial charge is 0.337 e. The van der Waals surface area contributed by atoms with E-state index in [-0.39, 0.29) is 0 Å². The molecule has 0 spiro atoms. The fraction of sp³-hybridized carbons (Fsp3) is 0.875. The molecule has 0 aromatic heterocycles. The molecule has 0 bridgehead atoms. The zero-order valence-corrected chi connectivity index (χ0v) is 7.54.